The monoisotopic (exact) mass is 408 g/mol. The zero-order valence-electron chi connectivity index (χ0n) is 15.8. The van der Waals surface area contributed by atoms with Crippen LogP contribution in [0.1, 0.15) is 16.7 Å². The Morgan fingerprint density at radius 3 is 2.66 bits per heavy atom. The molecule has 3 heterocycles. The van der Waals surface area contributed by atoms with E-state index in [4.69, 9.17) is 0 Å². The summed E-state index contributed by atoms with van der Waals surface area (Å²) in [6, 6.07) is 10.0. The lowest BCUT2D eigenvalue weighted by Gasteiger charge is -2.25. The van der Waals surface area contributed by atoms with Crippen molar-refractivity contribution in [2.45, 2.75) is 20.5 Å². The molecule has 1 N–H and O–H groups in total. The van der Waals surface area contributed by atoms with E-state index in [0.717, 1.165) is 28.1 Å². The van der Waals surface area contributed by atoms with Crippen molar-refractivity contribution in [3.63, 3.8) is 0 Å². The van der Waals surface area contributed by atoms with Crippen LogP contribution in [0.5, 0.6) is 0 Å². The van der Waals surface area contributed by atoms with Crippen LogP contribution in [0, 0.1) is 19.7 Å². The fraction of sp³-hybridized carbons (Fsp3) is 0.190. The third-order valence-corrected chi connectivity index (χ3v) is 6.30. The molecule has 1 amide bonds. The number of amides is 1. The van der Waals surface area contributed by atoms with E-state index in [1.54, 1.807) is 16.7 Å². The first-order valence-corrected chi connectivity index (χ1v) is 9.96. The third kappa shape index (κ3) is 2.79. The van der Waals surface area contributed by atoms with Crippen LogP contribution in [0.15, 0.2) is 46.2 Å². The van der Waals surface area contributed by atoms with Gasteiger partial charge in [-0.25, -0.2) is 9.38 Å². The maximum absolute atomic E-state index is 13.2. The minimum atomic E-state index is -0.314. The lowest BCUT2D eigenvalue weighted by Crippen LogP contribution is -2.43. The molecule has 6 nitrogen and oxygen atoms in total. The average Bonchev–Trinajstić information content (AvgIpc) is 3.18. The highest BCUT2D eigenvalue weighted by molar-refractivity contribution is 7.07. The van der Waals surface area contributed by atoms with Gasteiger partial charge in [-0.15, -0.1) is 0 Å². The second-order valence-electron chi connectivity index (χ2n) is 7.24. The average molecular weight is 408 g/mol. The molecule has 2 aliphatic heterocycles. The van der Waals surface area contributed by atoms with Gasteiger partial charge in [0.25, 0.3) is 11.5 Å². The third-order valence-electron chi connectivity index (χ3n) is 5.19. The molecule has 146 valence electrons. The number of nitrogens with zero attached hydrogens (tertiary/aromatic N) is 3. The molecule has 1 aromatic heterocycles. The first-order chi connectivity index (χ1) is 13.9. The van der Waals surface area contributed by atoms with Gasteiger partial charge in [0.15, 0.2) is 4.80 Å². The second-order valence-corrected chi connectivity index (χ2v) is 8.22. The number of nitrogens with one attached hydrogen (secondary N) is 1. The number of carbonyl (C=O) groups is 1. The van der Waals surface area contributed by atoms with E-state index in [2.05, 4.69) is 10.3 Å². The summed E-state index contributed by atoms with van der Waals surface area (Å²) in [5.41, 5.74) is 4.48. The Labute approximate surface area is 169 Å². The molecular weight excluding hydrogens is 391 g/mol. The predicted molar refractivity (Wildman–Crippen MR) is 110 cm³/mol. The predicted octanol–water partition coefficient (Wildman–Crippen LogP) is 1.87. The number of thiazole rings is 1. The molecule has 0 atom stereocenters. The van der Waals surface area contributed by atoms with Crippen LogP contribution >= 0.6 is 11.3 Å². The van der Waals surface area contributed by atoms with Crippen LogP contribution in [0.3, 0.4) is 0 Å². The summed E-state index contributed by atoms with van der Waals surface area (Å²) >= 11 is 1.24. The molecule has 2 aromatic carbocycles. The molecule has 0 unspecified atom stereocenters. The number of hydrogen-bond acceptors (Lipinski definition) is 5. The van der Waals surface area contributed by atoms with Crippen LogP contribution in [0.2, 0.25) is 0 Å². The number of halogens is 1. The summed E-state index contributed by atoms with van der Waals surface area (Å²) in [7, 11) is 0. The number of aromatic nitrogens is 1. The molecule has 3 aromatic rings. The first-order valence-electron chi connectivity index (χ1n) is 9.14. The van der Waals surface area contributed by atoms with Gasteiger partial charge in [-0.1, -0.05) is 23.0 Å². The molecule has 29 heavy (non-hydrogen) atoms. The standard InChI is InChI=1S/C21H17FN4O2S/c1-11-7-12(2)17-15(8-11)16(19(27)24-17)18-20(28)26-10-25(9-23-21(26)29-18)14-5-3-13(22)4-6-14/h3-8H,9-10H2,1-2H3,(H,24,27). The highest BCUT2D eigenvalue weighted by atomic mass is 32.1. The SMILES string of the molecule is Cc1cc(C)c2c(c1)C(=c1sc3n(c1=O)CN(c1ccc(F)cc1)CN=3)C(=O)N2. The number of rotatable bonds is 1. The van der Waals surface area contributed by atoms with Crippen LogP contribution in [0.25, 0.3) is 5.57 Å². The van der Waals surface area contributed by atoms with Gasteiger partial charge >= 0.3 is 0 Å². The minimum Gasteiger partial charge on any atom is -0.334 e. The summed E-state index contributed by atoms with van der Waals surface area (Å²) in [5.74, 6) is -0.577. The van der Waals surface area contributed by atoms with E-state index < -0.39 is 0 Å². The normalized spacial score (nSPS) is 16.9. The maximum Gasteiger partial charge on any atom is 0.272 e. The van der Waals surface area contributed by atoms with E-state index in [1.807, 2.05) is 30.9 Å². The Kier molecular flexibility index (Phi) is 3.92. The lowest BCUT2D eigenvalue weighted by molar-refractivity contribution is -0.110. The molecule has 0 aliphatic carbocycles. The molecular formula is C21H17FN4O2S. The Morgan fingerprint density at radius 1 is 1.14 bits per heavy atom. The van der Waals surface area contributed by atoms with Gasteiger partial charge < -0.3 is 10.2 Å². The Balaban J connectivity index is 1.66. The fourth-order valence-electron chi connectivity index (χ4n) is 3.83. The molecule has 5 rings (SSSR count). The van der Waals surface area contributed by atoms with Crippen molar-refractivity contribution in [2.75, 3.05) is 16.9 Å². The van der Waals surface area contributed by atoms with Gasteiger partial charge in [0.2, 0.25) is 0 Å². The van der Waals surface area contributed by atoms with E-state index in [-0.39, 0.29) is 17.3 Å². The highest BCUT2D eigenvalue weighted by Crippen LogP contribution is 2.33. The van der Waals surface area contributed by atoms with E-state index in [9.17, 15) is 14.0 Å². The van der Waals surface area contributed by atoms with Gasteiger partial charge in [0.05, 0.1) is 11.3 Å². The number of anilines is 2. The quantitative estimate of drug-likeness (QED) is 0.669. The van der Waals surface area contributed by atoms with Crippen molar-refractivity contribution in [3.05, 3.63) is 78.6 Å². The molecule has 0 saturated heterocycles. The minimum absolute atomic E-state index is 0.238. The van der Waals surface area contributed by atoms with Crippen LogP contribution in [-0.2, 0) is 11.5 Å². The summed E-state index contributed by atoms with van der Waals surface area (Å²) < 4.78 is 15.2. The molecule has 0 radical (unpaired) electrons. The van der Waals surface area contributed by atoms with Crippen molar-refractivity contribution >= 4 is 34.2 Å². The van der Waals surface area contributed by atoms with Gasteiger partial charge in [-0.2, -0.15) is 0 Å². The highest BCUT2D eigenvalue weighted by Gasteiger charge is 2.29. The van der Waals surface area contributed by atoms with Gasteiger partial charge in [0.1, 0.15) is 23.7 Å². The Morgan fingerprint density at radius 2 is 1.90 bits per heavy atom. The zero-order valence-corrected chi connectivity index (χ0v) is 16.6. The smallest absolute Gasteiger partial charge is 0.272 e. The lowest BCUT2D eigenvalue weighted by atomic mass is 10.0. The van der Waals surface area contributed by atoms with Crippen molar-refractivity contribution in [2.24, 2.45) is 4.99 Å². The van der Waals surface area contributed by atoms with E-state index in [0.29, 0.717) is 28.2 Å². The number of carbonyl (C=O) groups excluding carboxylic acids is 1. The van der Waals surface area contributed by atoms with Crippen LogP contribution in [-0.4, -0.2) is 17.1 Å². The zero-order chi connectivity index (χ0) is 20.3. The van der Waals surface area contributed by atoms with Crippen molar-refractivity contribution in [1.29, 1.82) is 0 Å². The van der Waals surface area contributed by atoms with Crippen molar-refractivity contribution in [3.8, 4) is 0 Å². The van der Waals surface area contributed by atoms with E-state index in [1.165, 1.54) is 23.5 Å². The second kappa shape index (κ2) is 6.38. The topological polar surface area (TPSA) is 66.7 Å². The number of benzene rings is 2. The molecule has 8 heteroatoms. The summed E-state index contributed by atoms with van der Waals surface area (Å²) in [5, 5.41) is 2.89. The summed E-state index contributed by atoms with van der Waals surface area (Å²) in [6.07, 6.45) is 0. The Bertz CT molecular complexity index is 1360. The summed E-state index contributed by atoms with van der Waals surface area (Å²) in [4.78, 5) is 32.9. The van der Waals surface area contributed by atoms with Crippen LogP contribution < -0.4 is 25.1 Å². The van der Waals surface area contributed by atoms with Crippen LogP contribution in [0.4, 0.5) is 15.8 Å². The molecule has 2 aliphatic rings. The number of aryl methyl sites for hydroxylation is 2. The number of fused-ring (bicyclic) bond motifs is 2. The molecule has 0 bridgehead atoms. The Hall–Kier alpha value is -3.26. The first kappa shape index (κ1) is 17.8. The van der Waals surface area contributed by atoms with Gasteiger partial charge in [-0.05, 0) is 49.7 Å². The molecule has 0 saturated carbocycles. The van der Waals surface area contributed by atoms with Crippen molar-refractivity contribution in [1.82, 2.24) is 4.57 Å². The summed E-state index contributed by atoms with van der Waals surface area (Å²) in [6.45, 7) is 4.57. The van der Waals surface area contributed by atoms with Gasteiger partial charge in [0, 0.05) is 11.3 Å². The number of hydrogen-bond donors (Lipinski definition) is 1. The fourth-order valence-corrected chi connectivity index (χ4v) is 4.89. The largest absolute Gasteiger partial charge is 0.334 e. The van der Waals surface area contributed by atoms with E-state index >= 15 is 0 Å². The van der Waals surface area contributed by atoms with Gasteiger partial charge in [-0.3, -0.25) is 14.2 Å². The van der Waals surface area contributed by atoms with Crippen molar-refractivity contribution < 1.29 is 9.18 Å². The molecule has 0 spiro atoms. The maximum atomic E-state index is 13.2. The molecule has 0 fully saturated rings.